The van der Waals surface area contributed by atoms with Crippen LogP contribution in [0.15, 0.2) is 72.8 Å². The van der Waals surface area contributed by atoms with Gasteiger partial charge in [-0.05, 0) is 17.6 Å². The lowest BCUT2D eigenvalue weighted by Crippen LogP contribution is -2.40. The molecule has 0 saturated carbocycles. The largest absolute Gasteiger partial charge is 0.480 e. The van der Waals surface area contributed by atoms with Crippen molar-refractivity contribution in [1.82, 2.24) is 0 Å². The second-order valence-electron chi connectivity index (χ2n) is 6.10. The van der Waals surface area contributed by atoms with Gasteiger partial charge in [-0.3, -0.25) is 29.8 Å². The van der Waals surface area contributed by atoms with E-state index in [9.17, 15) is 40.0 Å². The Morgan fingerprint density at radius 1 is 0.833 bits per heavy atom. The van der Waals surface area contributed by atoms with Crippen LogP contribution >= 0.6 is 0 Å². The molecule has 0 heterocycles. The summed E-state index contributed by atoms with van der Waals surface area (Å²) in [4.78, 5) is 41.8. The van der Waals surface area contributed by atoms with Crippen LogP contribution in [-0.4, -0.2) is 32.0 Å². The van der Waals surface area contributed by atoms with E-state index in [1.54, 1.807) is 48.6 Å². The van der Waals surface area contributed by atoms with E-state index < -0.39 is 38.6 Å². The molecule has 3 rings (SSSR count). The quantitative estimate of drug-likeness (QED) is 0.427. The Balaban J connectivity index is 0.000000232. The highest BCUT2D eigenvalue weighted by Gasteiger charge is 2.50. The van der Waals surface area contributed by atoms with Gasteiger partial charge in [-0.15, -0.1) is 0 Å². The van der Waals surface area contributed by atoms with Crippen molar-refractivity contribution in [2.75, 3.05) is 0 Å². The van der Waals surface area contributed by atoms with Gasteiger partial charge in [0.25, 0.3) is 0 Å². The van der Waals surface area contributed by atoms with Crippen LogP contribution in [0.1, 0.15) is 12.0 Å². The topological polar surface area (TPSA) is 161 Å². The smallest absolute Gasteiger partial charge is 0.346 e. The van der Waals surface area contributed by atoms with Gasteiger partial charge in [-0.1, -0.05) is 60.7 Å². The van der Waals surface area contributed by atoms with Gasteiger partial charge in [0.1, 0.15) is 0 Å². The van der Waals surface area contributed by atoms with Crippen LogP contribution in [0.25, 0.3) is 5.57 Å². The van der Waals surface area contributed by atoms with E-state index in [2.05, 4.69) is 0 Å². The van der Waals surface area contributed by atoms with Gasteiger partial charge in [-0.25, -0.2) is 0 Å². The molecule has 0 aliphatic heterocycles. The third kappa shape index (κ3) is 4.38. The van der Waals surface area contributed by atoms with Crippen molar-refractivity contribution in [3.05, 3.63) is 98.6 Å². The third-order valence-electron chi connectivity index (χ3n) is 4.37. The first-order chi connectivity index (χ1) is 14.2. The Labute approximate surface area is 169 Å². The summed E-state index contributed by atoms with van der Waals surface area (Å²) in [6.07, 6.45) is 4.76. The number of allylic oxidation sites excluding steroid dienone is 3. The highest BCUT2D eigenvalue weighted by atomic mass is 16.6. The molecule has 0 fully saturated rings. The van der Waals surface area contributed by atoms with Gasteiger partial charge in [-0.2, -0.15) is 0 Å². The summed E-state index contributed by atoms with van der Waals surface area (Å²) in [6.45, 7) is 0. The van der Waals surface area contributed by atoms with Crippen molar-refractivity contribution < 1.29 is 29.6 Å². The number of rotatable bonds is 5. The minimum Gasteiger partial charge on any atom is -0.480 e. The maximum Gasteiger partial charge on any atom is 0.346 e. The molecule has 154 valence electrons. The molecule has 1 aliphatic rings. The number of para-hydroxylation sites is 2. The number of carboxylic acid groups (broad SMARTS) is 2. The highest BCUT2D eigenvalue weighted by molar-refractivity contribution is 6.11. The number of benzene rings is 2. The molecule has 2 N–H and O–H groups in total. The minimum atomic E-state index is -1.89. The molecule has 10 nitrogen and oxygen atoms in total. The molecule has 0 radical (unpaired) electrons. The lowest BCUT2D eigenvalue weighted by molar-refractivity contribution is -0.422. The van der Waals surface area contributed by atoms with Gasteiger partial charge >= 0.3 is 23.3 Å². The first kappa shape index (κ1) is 22.0. The molecule has 2 aromatic rings. The number of carbonyl (C=O) groups is 2. The Hall–Kier alpha value is -4.34. The number of nitrogens with zero attached hydrogens (tertiary/aromatic N) is 2. The van der Waals surface area contributed by atoms with E-state index in [4.69, 9.17) is 0 Å². The standard InChI is InChI=1S/C14H12O4.C6H4N2O4/c15-12(16)14(13(17)18)9-5-4-8-11(14)10-6-2-1-3-7-10;9-7(10)5-3-1-2-4-6(5)8(11)12/h1-8H,9H2,(H,15,16)(H,17,18);1-4H. The number of hydrogen-bond donors (Lipinski definition) is 2. The molecular formula is C20H16N2O8. The fourth-order valence-corrected chi connectivity index (χ4v) is 2.89. The van der Waals surface area contributed by atoms with Crippen LogP contribution in [0.2, 0.25) is 0 Å². The molecule has 10 heteroatoms. The first-order valence-corrected chi connectivity index (χ1v) is 8.49. The predicted molar refractivity (Wildman–Crippen MR) is 106 cm³/mol. The summed E-state index contributed by atoms with van der Waals surface area (Å²) in [5, 5.41) is 39.1. The van der Waals surface area contributed by atoms with E-state index >= 15 is 0 Å². The number of nitro groups is 2. The van der Waals surface area contributed by atoms with Crippen molar-refractivity contribution in [2.45, 2.75) is 6.42 Å². The zero-order valence-electron chi connectivity index (χ0n) is 15.4. The Bertz CT molecular complexity index is 997. The monoisotopic (exact) mass is 412 g/mol. The summed E-state index contributed by atoms with van der Waals surface area (Å²) in [5.41, 5.74) is -1.93. The SMILES string of the molecule is O=C(O)C1(C(=O)O)CC=CC=C1c1ccccc1.O=[N+]([O-])c1ccccc1[N+](=O)[O-]. The van der Waals surface area contributed by atoms with Crippen LogP contribution in [0.5, 0.6) is 0 Å². The number of hydrogen-bond acceptors (Lipinski definition) is 6. The average molecular weight is 412 g/mol. The summed E-state index contributed by atoms with van der Waals surface area (Å²) >= 11 is 0. The third-order valence-corrected chi connectivity index (χ3v) is 4.37. The van der Waals surface area contributed by atoms with E-state index in [0.29, 0.717) is 11.1 Å². The molecule has 0 atom stereocenters. The van der Waals surface area contributed by atoms with Crippen LogP contribution in [-0.2, 0) is 9.59 Å². The Morgan fingerprint density at radius 2 is 1.30 bits per heavy atom. The van der Waals surface area contributed by atoms with Crippen molar-refractivity contribution in [1.29, 1.82) is 0 Å². The highest BCUT2D eigenvalue weighted by Crippen LogP contribution is 2.41. The lowest BCUT2D eigenvalue weighted by atomic mass is 9.72. The molecule has 0 aromatic heterocycles. The summed E-state index contributed by atoms with van der Waals surface area (Å²) in [6, 6.07) is 13.7. The molecule has 0 spiro atoms. The van der Waals surface area contributed by atoms with Crippen LogP contribution in [0, 0.1) is 25.6 Å². The minimum absolute atomic E-state index is 0.0433. The van der Waals surface area contributed by atoms with Crippen LogP contribution < -0.4 is 0 Å². The van der Waals surface area contributed by atoms with Crippen molar-refractivity contribution in [2.24, 2.45) is 5.41 Å². The van der Waals surface area contributed by atoms with Crippen molar-refractivity contribution in [3.8, 4) is 0 Å². The van der Waals surface area contributed by atoms with E-state index in [0.717, 1.165) is 12.1 Å². The van der Waals surface area contributed by atoms with Gasteiger partial charge in [0.15, 0.2) is 5.41 Å². The first-order valence-electron chi connectivity index (χ1n) is 8.49. The average Bonchev–Trinajstić information content (AvgIpc) is 2.74. The number of nitro benzene ring substituents is 2. The molecule has 0 unspecified atom stereocenters. The molecule has 2 aromatic carbocycles. The Morgan fingerprint density at radius 3 is 1.73 bits per heavy atom. The second-order valence-corrected chi connectivity index (χ2v) is 6.10. The summed E-state index contributed by atoms with van der Waals surface area (Å²) < 4.78 is 0. The van der Waals surface area contributed by atoms with Crippen molar-refractivity contribution in [3.63, 3.8) is 0 Å². The number of carboxylic acids is 2. The maximum absolute atomic E-state index is 11.4. The molecule has 0 saturated heterocycles. The lowest BCUT2D eigenvalue weighted by Gasteiger charge is -2.28. The van der Waals surface area contributed by atoms with Crippen LogP contribution in [0.3, 0.4) is 0 Å². The molecule has 30 heavy (non-hydrogen) atoms. The fraction of sp³-hybridized carbons (Fsp3) is 0.100. The molecule has 0 amide bonds. The van der Waals surface area contributed by atoms with Gasteiger partial charge in [0, 0.05) is 12.1 Å². The zero-order valence-corrected chi connectivity index (χ0v) is 15.4. The molecule has 1 aliphatic carbocycles. The van der Waals surface area contributed by atoms with E-state index in [-0.39, 0.29) is 6.42 Å². The molecule has 0 bridgehead atoms. The van der Waals surface area contributed by atoms with Gasteiger partial charge in [0.05, 0.1) is 9.85 Å². The summed E-state index contributed by atoms with van der Waals surface area (Å²) in [7, 11) is 0. The van der Waals surface area contributed by atoms with E-state index in [1.807, 2.05) is 0 Å². The fourth-order valence-electron chi connectivity index (χ4n) is 2.89. The van der Waals surface area contributed by atoms with Gasteiger partial charge < -0.3 is 10.2 Å². The Kier molecular flexibility index (Phi) is 6.76. The normalized spacial score (nSPS) is 13.9. The van der Waals surface area contributed by atoms with Gasteiger partial charge in [0.2, 0.25) is 0 Å². The maximum atomic E-state index is 11.4. The zero-order chi connectivity index (χ0) is 22.3. The van der Waals surface area contributed by atoms with E-state index in [1.165, 1.54) is 12.1 Å². The van der Waals surface area contributed by atoms with Crippen LogP contribution in [0.4, 0.5) is 11.4 Å². The summed E-state index contributed by atoms with van der Waals surface area (Å²) in [5.74, 6) is -2.68. The molecular weight excluding hydrogens is 396 g/mol. The van der Waals surface area contributed by atoms with Crippen molar-refractivity contribution >= 4 is 28.9 Å². The second kappa shape index (κ2) is 9.24. The predicted octanol–water partition coefficient (Wildman–Crippen LogP) is 3.69. The number of aliphatic carboxylic acids is 2.